The van der Waals surface area contributed by atoms with E-state index in [1.54, 1.807) is 25.4 Å². The third-order valence-electron chi connectivity index (χ3n) is 2.55. The first kappa shape index (κ1) is 13.3. The van der Waals surface area contributed by atoms with Gasteiger partial charge in [-0.05, 0) is 36.4 Å². The second-order valence-corrected chi connectivity index (χ2v) is 4.69. The van der Waals surface area contributed by atoms with E-state index in [1.807, 2.05) is 30.3 Å². The van der Waals surface area contributed by atoms with Gasteiger partial charge >= 0.3 is 0 Å². The van der Waals surface area contributed by atoms with E-state index in [2.05, 4.69) is 27.0 Å². The van der Waals surface area contributed by atoms with Crippen LogP contribution in [0.3, 0.4) is 0 Å². The lowest BCUT2D eigenvalue weighted by Crippen LogP contribution is -1.89. The molecule has 2 rings (SSSR count). The molecule has 2 aromatic rings. The van der Waals surface area contributed by atoms with E-state index in [-0.39, 0.29) is 0 Å². The standard InChI is InChI=1S/C15H11BrN2O/c1-19-15-6-5-13(16)9-11(15)8-12(10-17)14-4-2-3-7-18-14/h2-9H,1H3/b12-8+. The lowest BCUT2D eigenvalue weighted by Gasteiger charge is -2.06. The van der Waals surface area contributed by atoms with Crippen LogP contribution in [0.4, 0.5) is 0 Å². The van der Waals surface area contributed by atoms with Gasteiger partial charge in [-0.3, -0.25) is 4.98 Å². The Morgan fingerprint density at radius 1 is 1.37 bits per heavy atom. The SMILES string of the molecule is COc1ccc(Br)cc1/C=C(\C#N)c1ccccn1. The molecule has 0 amide bonds. The van der Waals surface area contributed by atoms with Gasteiger partial charge in [-0.15, -0.1) is 0 Å². The average Bonchev–Trinajstić information content (AvgIpc) is 2.46. The van der Waals surface area contributed by atoms with E-state index < -0.39 is 0 Å². The fourth-order valence-corrected chi connectivity index (χ4v) is 2.04. The van der Waals surface area contributed by atoms with Crippen LogP contribution in [0.5, 0.6) is 5.75 Å². The van der Waals surface area contributed by atoms with Crippen LogP contribution < -0.4 is 4.74 Å². The molecule has 1 heterocycles. The molecule has 0 atom stereocenters. The van der Waals surface area contributed by atoms with Gasteiger partial charge < -0.3 is 4.74 Å². The molecule has 0 spiro atoms. The molecular weight excluding hydrogens is 304 g/mol. The number of allylic oxidation sites excluding steroid dienone is 1. The van der Waals surface area contributed by atoms with Gasteiger partial charge in [0.15, 0.2) is 0 Å². The predicted octanol–water partition coefficient (Wildman–Crippen LogP) is 3.92. The molecule has 3 nitrogen and oxygen atoms in total. The van der Waals surface area contributed by atoms with Gasteiger partial charge in [0, 0.05) is 16.2 Å². The quantitative estimate of drug-likeness (QED) is 0.807. The zero-order chi connectivity index (χ0) is 13.7. The van der Waals surface area contributed by atoms with Crippen molar-refractivity contribution in [3.8, 4) is 11.8 Å². The number of hydrogen-bond acceptors (Lipinski definition) is 3. The molecule has 94 valence electrons. The molecule has 0 unspecified atom stereocenters. The van der Waals surface area contributed by atoms with Crippen molar-refractivity contribution in [2.24, 2.45) is 0 Å². The molecule has 0 aliphatic carbocycles. The minimum Gasteiger partial charge on any atom is -0.496 e. The lowest BCUT2D eigenvalue weighted by atomic mass is 10.1. The number of ether oxygens (including phenoxy) is 1. The number of nitriles is 1. The van der Waals surface area contributed by atoms with E-state index in [9.17, 15) is 5.26 Å². The Morgan fingerprint density at radius 2 is 2.21 bits per heavy atom. The maximum atomic E-state index is 9.26. The van der Waals surface area contributed by atoms with Gasteiger partial charge in [0.1, 0.15) is 11.8 Å². The number of methoxy groups -OCH3 is 1. The van der Waals surface area contributed by atoms with Gasteiger partial charge in [0.25, 0.3) is 0 Å². The highest BCUT2D eigenvalue weighted by molar-refractivity contribution is 9.10. The highest BCUT2D eigenvalue weighted by Gasteiger charge is 2.06. The van der Waals surface area contributed by atoms with E-state index >= 15 is 0 Å². The van der Waals surface area contributed by atoms with Crippen LogP contribution in [0, 0.1) is 11.3 Å². The molecule has 0 aliphatic rings. The van der Waals surface area contributed by atoms with Crippen molar-refractivity contribution >= 4 is 27.6 Å². The molecule has 1 aromatic heterocycles. The van der Waals surface area contributed by atoms with Gasteiger partial charge in [0.05, 0.1) is 18.4 Å². The van der Waals surface area contributed by atoms with Crippen molar-refractivity contribution in [2.75, 3.05) is 7.11 Å². The fourth-order valence-electron chi connectivity index (χ4n) is 1.66. The number of pyridine rings is 1. The van der Waals surface area contributed by atoms with Crippen LogP contribution in [0.1, 0.15) is 11.3 Å². The van der Waals surface area contributed by atoms with Crippen molar-refractivity contribution in [3.63, 3.8) is 0 Å². The summed E-state index contributed by atoms with van der Waals surface area (Å²) in [4.78, 5) is 4.18. The molecule has 0 radical (unpaired) electrons. The second kappa shape index (κ2) is 6.17. The van der Waals surface area contributed by atoms with Crippen molar-refractivity contribution in [2.45, 2.75) is 0 Å². The van der Waals surface area contributed by atoms with E-state index in [4.69, 9.17) is 4.74 Å². The van der Waals surface area contributed by atoms with Gasteiger partial charge in [-0.1, -0.05) is 22.0 Å². The van der Waals surface area contributed by atoms with Gasteiger partial charge in [-0.25, -0.2) is 0 Å². The number of benzene rings is 1. The van der Waals surface area contributed by atoms with E-state index in [0.717, 1.165) is 10.0 Å². The van der Waals surface area contributed by atoms with E-state index in [1.165, 1.54) is 0 Å². The lowest BCUT2D eigenvalue weighted by molar-refractivity contribution is 0.414. The third-order valence-corrected chi connectivity index (χ3v) is 3.05. The Bertz CT molecular complexity index is 645. The number of aromatic nitrogens is 1. The van der Waals surface area contributed by atoms with Crippen molar-refractivity contribution in [1.29, 1.82) is 5.26 Å². The Hall–Kier alpha value is -2.12. The Balaban J connectivity index is 2.50. The summed E-state index contributed by atoms with van der Waals surface area (Å²) in [5.41, 5.74) is 1.98. The average molecular weight is 315 g/mol. The maximum absolute atomic E-state index is 9.26. The van der Waals surface area contributed by atoms with Crippen molar-refractivity contribution in [3.05, 3.63) is 58.3 Å². The van der Waals surface area contributed by atoms with Crippen LogP contribution in [0.15, 0.2) is 47.1 Å². The van der Waals surface area contributed by atoms with Crippen molar-refractivity contribution in [1.82, 2.24) is 4.98 Å². The van der Waals surface area contributed by atoms with Crippen LogP contribution in [-0.2, 0) is 0 Å². The monoisotopic (exact) mass is 314 g/mol. The Kier molecular flexibility index (Phi) is 4.32. The topological polar surface area (TPSA) is 45.9 Å². The zero-order valence-corrected chi connectivity index (χ0v) is 11.9. The summed E-state index contributed by atoms with van der Waals surface area (Å²) < 4.78 is 6.21. The number of rotatable bonds is 3. The van der Waals surface area contributed by atoms with Gasteiger partial charge in [-0.2, -0.15) is 5.26 Å². The maximum Gasteiger partial charge on any atom is 0.126 e. The summed E-state index contributed by atoms with van der Waals surface area (Å²) in [6.45, 7) is 0. The summed E-state index contributed by atoms with van der Waals surface area (Å²) >= 11 is 3.41. The van der Waals surface area contributed by atoms with Crippen LogP contribution >= 0.6 is 15.9 Å². The fraction of sp³-hybridized carbons (Fsp3) is 0.0667. The van der Waals surface area contributed by atoms with Crippen LogP contribution in [0.25, 0.3) is 11.6 Å². The molecule has 0 saturated carbocycles. The number of nitrogens with zero attached hydrogens (tertiary/aromatic N) is 2. The molecule has 19 heavy (non-hydrogen) atoms. The summed E-state index contributed by atoms with van der Waals surface area (Å²) in [6.07, 6.45) is 3.44. The summed E-state index contributed by atoms with van der Waals surface area (Å²) in [6, 6.07) is 13.3. The molecule has 4 heteroatoms. The molecule has 0 N–H and O–H groups in total. The smallest absolute Gasteiger partial charge is 0.126 e. The van der Waals surface area contributed by atoms with Crippen LogP contribution in [0.2, 0.25) is 0 Å². The summed E-state index contributed by atoms with van der Waals surface area (Å²) in [5.74, 6) is 0.715. The molecular formula is C15H11BrN2O. The van der Waals surface area contributed by atoms with E-state index in [0.29, 0.717) is 17.0 Å². The third kappa shape index (κ3) is 3.21. The Morgan fingerprint density at radius 3 is 2.84 bits per heavy atom. The first-order valence-corrected chi connectivity index (χ1v) is 6.40. The summed E-state index contributed by atoms with van der Waals surface area (Å²) in [7, 11) is 1.60. The Labute approximate surface area is 120 Å². The minimum atomic E-state index is 0.497. The minimum absolute atomic E-state index is 0.497. The number of halogens is 1. The molecule has 0 aliphatic heterocycles. The highest BCUT2D eigenvalue weighted by atomic mass is 79.9. The first-order chi connectivity index (χ1) is 9.24. The zero-order valence-electron chi connectivity index (χ0n) is 10.3. The van der Waals surface area contributed by atoms with Gasteiger partial charge in [0.2, 0.25) is 0 Å². The molecule has 1 aromatic carbocycles. The largest absolute Gasteiger partial charge is 0.496 e. The van der Waals surface area contributed by atoms with Crippen molar-refractivity contribution < 1.29 is 4.74 Å². The molecule has 0 saturated heterocycles. The second-order valence-electron chi connectivity index (χ2n) is 3.77. The normalized spacial score (nSPS) is 10.9. The highest BCUT2D eigenvalue weighted by Crippen LogP contribution is 2.26. The predicted molar refractivity (Wildman–Crippen MR) is 78.4 cm³/mol. The summed E-state index contributed by atoms with van der Waals surface area (Å²) in [5, 5.41) is 9.26. The molecule has 0 fully saturated rings. The first-order valence-electron chi connectivity index (χ1n) is 5.61. The van der Waals surface area contributed by atoms with Crippen LogP contribution in [-0.4, -0.2) is 12.1 Å². The molecule has 0 bridgehead atoms. The number of hydrogen-bond donors (Lipinski definition) is 0.